The quantitative estimate of drug-likeness (QED) is 0.904. The number of amides is 2. The molecular formula is C13H17F2N3O. The number of hydrogen-bond acceptors (Lipinski definition) is 2. The number of para-hydroxylation sites is 1. The van der Waals surface area contributed by atoms with Gasteiger partial charge in [0.05, 0.1) is 13.1 Å². The molecule has 6 heteroatoms. The van der Waals surface area contributed by atoms with Crippen LogP contribution in [0, 0.1) is 0 Å². The van der Waals surface area contributed by atoms with Gasteiger partial charge in [-0.1, -0.05) is 18.2 Å². The summed E-state index contributed by atoms with van der Waals surface area (Å²) in [7, 11) is 1.67. The highest BCUT2D eigenvalue weighted by Gasteiger charge is 2.43. The second-order valence-corrected chi connectivity index (χ2v) is 4.69. The van der Waals surface area contributed by atoms with Gasteiger partial charge in [0.2, 0.25) is 0 Å². The van der Waals surface area contributed by atoms with Crippen LogP contribution in [0.5, 0.6) is 0 Å². The molecule has 1 aromatic rings. The number of hydrogen-bond donors (Lipinski definition) is 1. The first kappa shape index (κ1) is 13.7. The molecule has 1 fully saturated rings. The zero-order valence-corrected chi connectivity index (χ0v) is 10.8. The predicted molar refractivity (Wildman–Crippen MR) is 69.6 cm³/mol. The van der Waals surface area contributed by atoms with Gasteiger partial charge in [0, 0.05) is 25.8 Å². The largest absolute Gasteiger partial charge is 0.336 e. The average molecular weight is 269 g/mol. The number of alkyl halides is 2. The Morgan fingerprint density at radius 2 is 2.00 bits per heavy atom. The lowest BCUT2D eigenvalue weighted by molar-refractivity contribution is -0.129. The van der Waals surface area contributed by atoms with Gasteiger partial charge >= 0.3 is 6.03 Å². The molecule has 0 atom stereocenters. The summed E-state index contributed by atoms with van der Waals surface area (Å²) in [4.78, 5) is 14.9. The smallest absolute Gasteiger partial charge is 0.321 e. The minimum Gasteiger partial charge on any atom is -0.336 e. The molecule has 2 rings (SSSR count). The fourth-order valence-corrected chi connectivity index (χ4v) is 1.97. The lowest BCUT2D eigenvalue weighted by Gasteiger charge is -2.38. The highest BCUT2D eigenvalue weighted by Crippen LogP contribution is 2.25. The van der Waals surface area contributed by atoms with Crippen molar-refractivity contribution >= 4 is 11.7 Å². The molecule has 1 heterocycles. The van der Waals surface area contributed by atoms with E-state index in [1.165, 1.54) is 4.90 Å². The van der Waals surface area contributed by atoms with Crippen molar-refractivity contribution in [2.75, 3.05) is 38.1 Å². The van der Waals surface area contributed by atoms with E-state index in [1.54, 1.807) is 11.9 Å². The molecule has 104 valence electrons. The van der Waals surface area contributed by atoms with E-state index in [0.29, 0.717) is 13.1 Å². The van der Waals surface area contributed by atoms with Crippen LogP contribution >= 0.6 is 0 Å². The summed E-state index contributed by atoms with van der Waals surface area (Å²) in [5.74, 6) is -2.55. The molecule has 0 aromatic heterocycles. The van der Waals surface area contributed by atoms with Gasteiger partial charge in [0.1, 0.15) is 0 Å². The molecule has 0 bridgehead atoms. The lowest BCUT2D eigenvalue weighted by Crippen LogP contribution is -2.57. The topological polar surface area (TPSA) is 35.6 Å². The minimum absolute atomic E-state index is 0.211. The fraction of sp³-hybridized carbons (Fsp3) is 0.462. The van der Waals surface area contributed by atoms with Crippen molar-refractivity contribution in [3.05, 3.63) is 30.3 Å². The van der Waals surface area contributed by atoms with E-state index in [-0.39, 0.29) is 19.1 Å². The van der Waals surface area contributed by atoms with E-state index in [1.807, 2.05) is 30.3 Å². The van der Waals surface area contributed by atoms with Crippen LogP contribution in [0.2, 0.25) is 0 Å². The predicted octanol–water partition coefficient (Wildman–Crippen LogP) is 1.78. The Bertz CT molecular complexity index is 431. The molecule has 0 saturated carbocycles. The van der Waals surface area contributed by atoms with Crippen LogP contribution < -0.4 is 10.2 Å². The van der Waals surface area contributed by atoms with Crippen LogP contribution in [0.3, 0.4) is 0 Å². The highest BCUT2D eigenvalue weighted by molar-refractivity contribution is 5.91. The first-order valence-electron chi connectivity index (χ1n) is 6.15. The lowest BCUT2D eigenvalue weighted by atomic mass is 10.1. The monoisotopic (exact) mass is 269 g/mol. The Kier molecular flexibility index (Phi) is 3.99. The summed E-state index contributed by atoms with van der Waals surface area (Å²) in [5.41, 5.74) is 0.787. The number of urea groups is 1. The van der Waals surface area contributed by atoms with Crippen molar-refractivity contribution in [3.63, 3.8) is 0 Å². The number of likely N-dealkylation sites (tertiary alicyclic amines) is 1. The number of nitrogens with one attached hydrogen (secondary N) is 1. The van der Waals surface area contributed by atoms with E-state index in [9.17, 15) is 13.6 Å². The molecule has 4 nitrogen and oxygen atoms in total. The number of benzene rings is 1. The third kappa shape index (κ3) is 3.64. The second kappa shape index (κ2) is 5.52. The Morgan fingerprint density at radius 1 is 1.37 bits per heavy atom. The highest BCUT2D eigenvalue weighted by atomic mass is 19.3. The zero-order valence-electron chi connectivity index (χ0n) is 10.8. The molecule has 19 heavy (non-hydrogen) atoms. The third-order valence-electron chi connectivity index (χ3n) is 3.06. The number of anilines is 1. The molecule has 1 N–H and O–H groups in total. The number of nitrogens with zero attached hydrogens (tertiary/aromatic N) is 2. The van der Waals surface area contributed by atoms with Crippen molar-refractivity contribution in [2.24, 2.45) is 0 Å². The first-order valence-corrected chi connectivity index (χ1v) is 6.15. The molecule has 2 amide bonds. The van der Waals surface area contributed by atoms with E-state index < -0.39 is 5.92 Å². The van der Waals surface area contributed by atoms with Gasteiger partial charge in [-0.05, 0) is 12.1 Å². The fourth-order valence-electron chi connectivity index (χ4n) is 1.97. The normalized spacial score (nSPS) is 17.6. The Hall–Kier alpha value is -1.69. The molecular weight excluding hydrogens is 252 g/mol. The van der Waals surface area contributed by atoms with E-state index in [0.717, 1.165) is 5.69 Å². The van der Waals surface area contributed by atoms with Crippen molar-refractivity contribution in [2.45, 2.75) is 5.92 Å². The summed E-state index contributed by atoms with van der Waals surface area (Å²) < 4.78 is 25.2. The SMILES string of the molecule is CN(C(=O)NCCN1CC(F)(F)C1)c1ccccc1. The van der Waals surface area contributed by atoms with Crippen molar-refractivity contribution in [1.82, 2.24) is 10.2 Å². The van der Waals surface area contributed by atoms with Gasteiger partial charge in [-0.2, -0.15) is 0 Å². The second-order valence-electron chi connectivity index (χ2n) is 4.69. The maximum absolute atomic E-state index is 12.6. The molecule has 0 aliphatic carbocycles. The molecule has 0 spiro atoms. The van der Waals surface area contributed by atoms with Crippen LogP contribution in [-0.2, 0) is 0 Å². The number of carbonyl (C=O) groups excluding carboxylic acids is 1. The van der Waals surface area contributed by atoms with Gasteiger partial charge in [0.15, 0.2) is 0 Å². The van der Waals surface area contributed by atoms with Crippen molar-refractivity contribution in [3.8, 4) is 0 Å². The number of rotatable bonds is 4. The van der Waals surface area contributed by atoms with Gasteiger partial charge in [-0.3, -0.25) is 9.80 Å². The number of carbonyl (C=O) groups is 1. The van der Waals surface area contributed by atoms with Gasteiger partial charge in [-0.25, -0.2) is 13.6 Å². The molecule has 0 radical (unpaired) electrons. The maximum atomic E-state index is 12.6. The number of halogens is 2. The Balaban J connectivity index is 1.70. The molecule has 1 saturated heterocycles. The Labute approximate surface area is 111 Å². The molecule has 1 aromatic carbocycles. The van der Waals surface area contributed by atoms with Gasteiger partial charge < -0.3 is 5.32 Å². The third-order valence-corrected chi connectivity index (χ3v) is 3.06. The van der Waals surface area contributed by atoms with Crippen LogP contribution in [0.4, 0.5) is 19.3 Å². The summed E-state index contributed by atoms with van der Waals surface area (Å²) in [6.45, 7) is 0.394. The molecule has 0 unspecified atom stereocenters. The summed E-state index contributed by atoms with van der Waals surface area (Å²) in [6, 6.07) is 8.99. The summed E-state index contributed by atoms with van der Waals surface area (Å²) >= 11 is 0. The maximum Gasteiger partial charge on any atom is 0.321 e. The molecule has 1 aliphatic rings. The van der Waals surface area contributed by atoms with Crippen molar-refractivity contribution in [1.29, 1.82) is 0 Å². The van der Waals surface area contributed by atoms with Crippen LogP contribution in [-0.4, -0.2) is 50.1 Å². The standard InChI is InChI=1S/C13H17F2N3O/c1-17(11-5-3-2-4-6-11)12(19)16-7-8-18-9-13(14,15)10-18/h2-6H,7-10H2,1H3,(H,16,19). The van der Waals surface area contributed by atoms with Gasteiger partial charge in [0.25, 0.3) is 5.92 Å². The summed E-state index contributed by atoms with van der Waals surface area (Å²) in [5, 5.41) is 2.71. The van der Waals surface area contributed by atoms with E-state index in [4.69, 9.17) is 0 Å². The minimum atomic E-state index is -2.55. The van der Waals surface area contributed by atoms with Crippen LogP contribution in [0.25, 0.3) is 0 Å². The van der Waals surface area contributed by atoms with Crippen molar-refractivity contribution < 1.29 is 13.6 Å². The zero-order chi connectivity index (χ0) is 13.9. The Morgan fingerprint density at radius 3 is 2.58 bits per heavy atom. The average Bonchev–Trinajstić information content (AvgIpc) is 2.36. The van der Waals surface area contributed by atoms with E-state index >= 15 is 0 Å². The van der Waals surface area contributed by atoms with Crippen LogP contribution in [0.15, 0.2) is 30.3 Å². The van der Waals surface area contributed by atoms with Crippen LogP contribution in [0.1, 0.15) is 0 Å². The summed E-state index contributed by atoms with van der Waals surface area (Å²) in [6.07, 6.45) is 0. The van der Waals surface area contributed by atoms with E-state index in [2.05, 4.69) is 5.32 Å². The van der Waals surface area contributed by atoms with Gasteiger partial charge in [-0.15, -0.1) is 0 Å². The first-order chi connectivity index (χ1) is 8.98. The molecule has 1 aliphatic heterocycles.